The minimum atomic E-state index is -3.40. The van der Waals surface area contributed by atoms with Gasteiger partial charge in [0.2, 0.25) is 9.05 Å². The van der Waals surface area contributed by atoms with Gasteiger partial charge in [0.1, 0.15) is 5.75 Å². The molecule has 0 unspecified atom stereocenters. The summed E-state index contributed by atoms with van der Waals surface area (Å²) >= 11 is 0. The van der Waals surface area contributed by atoms with Gasteiger partial charge in [0.15, 0.2) is 0 Å². The molecule has 1 aromatic rings. The van der Waals surface area contributed by atoms with Gasteiger partial charge in [-0.25, -0.2) is 8.42 Å². The average Bonchev–Trinajstić information content (AvgIpc) is 2.23. The molecular formula is C11H13ClO3S. The van der Waals surface area contributed by atoms with Crippen LogP contribution in [0.25, 0.3) is 6.08 Å². The fourth-order valence-electron chi connectivity index (χ4n) is 1.17. The van der Waals surface area contributed by atoms with Gasteiger partial charge in [0, 0.05) is 10.7 Å². The third-order valence-electron chi connectivity index (χ3n) is 1.93. The second kappa shape index (κ2) is 5.92. The first kappa shape index (κ1) is 13.1. The number of allylic oxidation sites excluding steroid dienone is 1. The van der Waals surface area contributed by atoms with E-state index in [9.17, 15) is 8.42 Å². The zero-order chi connectivity index (χ0) is 12.0. The molecule has 0 radical (unpaired) electrons. The average molecular weight is 261 g/mol. The van der Waals surface area contributed by atoms with Crippen molar-refractivity contribution in [2.24, 2.45) is 0 Å². The highest BCUT2D eigenvalue weighted by atomic mass is 35.7. The van der Waals surface area contributed by atoms with Gasteiger partial charge >= 0.3 is 0 Å². The molecular weight excluding hydrogens is 248 g/mol. The van der Waals surface area contributed by atoms with Crippen LogP contribution in [0.3, 0.4) is 0 Å². The van der Waals surface area contributed by atoms with Crippen molar-refractivity contribution in [2.45, 2.75) is 6.42 Å². The van der Waals surface area contributed by atoms with E-state index in [1.54, 1.807) is 13.2 Å². The lowest BCUT2D eigenvalue weighted by Crippen LogP contribution is -1.94. The molecule has 1 rings (SSSR count). The number of hydrogen-bond donors (Lipinski definition) is 0. The molecule has 0 heterocycles. The number of rotatable bonds is 5. The largest absolute Gasteiger partial charge is 0.497 e. The Morgan fingerprint density at radius 1 is 1.44 bits per heavy atom. The Morgan fingerprint density at radius 2 is 2.19 bits per heavy atom. The maximum atomic E-state index is 10.7. The summed E-state index contributed by atoms with van der Waals surface area (Å²) in [4.78, 5) is 0. The normalized spacial score (nSPS) is 11.9. The van der Waals surface area contributed by atoms with E-state index in [-0.39, 0.29) is 5.75 Å². The smallest absolute Gasteiger partial charge is 0.232 e. The summed E-state index contributed by atoms with van der Waals surface area (Å²) in [6, 6.07) is 7.50. The van der Waals surface area contributed by atoms with Crippen molar-refractivity contribution >= 4 is 25.8 Å². The van der Waals surface area contributed by atoms with Gasteiger partial charge in [0.25, 0.3) is 0 Å². The molecule has 0 aliphatic heterocycles. The second-order valence-electron chi connectivity index (χ2n) is 3.21. The Hall–Kier alpha value is -1.00. The number of hydrogen-bond acceptors (Lipinski definition) is 3. The fraction of sp³-hybridized carbons (Fsp3) is 0.273. The van der Waals surface area contributed by atoms with Crippen LogP contribution in [0.5, 0.6) is 5.75 Å². The first-order chi connectivity index (χ1) is 7.51. The van der Waals surface area contributed by atoms with Crippen molar-refractivity contribution in [1.29, 1.82) is 0 Å². The van der Waals surface area contributed by atoms with Crippen molar-refractivity contribution in [3.05, 3.63) is 35.9 Å². The highest BCUT2D eigenvalue weighted by Gasteiger charge is 2.01. The van der Waals surface area contributed by atoms with Crippen LogP contribution in [0.15, 0.2) is 30.3 Å². The van der Waals surface area contributed by atoms with Crippen molar-refractivity contribution in [3.8, 4) is 5.75 Å². The molecule has 5 heteroatoms. The molecule has 0 saturated carbocycles. The fourth-order valence-corrected chi connectivity index (χ4v) is 1.86. The number of methoxy groups -OCH3 is 1. The molecule has 0 bridgehead atoms. The highest BCUT2D eigenvalue weighted by molar-refractivity contribution is 8.13. The van der Waals surface area contributed by atoms with Crippen LogP contribution in [-0.4, -0.2) is 21.3 Å². The van der Waals surface area contributed by atoms with E-state index in [2.05, 4.69) is 0 Å². The quantitative estimate of drug-likeness (QED) is 0.765. The van der Waals surface area contributed by atoms with E-state index >= 15 is 0 Å². The molecule has 0 amide bonds. The maximum absolute atomic E-state index is 10.7. The van der Waals surface area contributed by atoms with Crippen LogP contribution in [0.4, 0.5) is 0 Å². The number of ether oxygens (including phenoxy) is 1. The summed E-state index contributed by atoms with van der Waals surface area (Å²) in [5.41, 5.74) is 0.964. The van der Waals surface area contributed by atoms with E-state index in [4.69, 9.17) is 15.4 Å². The van der Waals surface area contributed by atoms with Crippen molar-refractivity contribution in [3.63, 3.8) is 0 Å². The lowest BCUT2D eigenvalue weighted by molar-refractivity contribution is 0.414. The Balaban J connectivity index is 2.56. The van der Waals surface area contributed by atoms with Gasteiger partial charge in [-0.05, 0) is 24.1 Å². The van der Waals surface area contributed by atoms with E-state index < -0.39 is 9.05 Å². The van der Waals surface area contributed by atoms with Gasteiger partial charge < -0.3 is 4.74 Å². The molecule has 0 aliphatic carbocycles. The third-order valence-corrected chi connectivity index (χ3v) is 3.12. The minimum absolute atomic E-state index is 0.0466. The van der Waals surface area contributed by atoms with Gasteiger partial charge in [0.05, 0.1) is 12.9 Å². The summed E-state index contributed by atoms with van der Waals surface area (Å²) in [7, 11) is 3.29. The highest BCUT2D eigenvalue weighted by Crippen LogP contribution is 2.14. The molecule has 16 heavy (non-hydrogen) atoms. The van der Waals surface area contributed by atoms with Crippen LogP contribution in [0, 0.1) is 0 Å². The number of halogens is 1. The van der Waals surface area contributed by atoms with Gasteiger partial charge in [-0.3, -0.25) is 0 Å². The van der Waals surface area contributed by atoms with Crippen LogP contribution >= 0.6 is 10.7 Å². The molecule has 0 spiro atoms. The van der Waals surface area contributed by atoms with Crippen LogP contribution in [-0.2, 0) is 9.05 Å². The first-order valence-electron chi connectivity index (χ1n) is 4.74. The topological polar surface area (TPSA) is 43.4 Å². The standard InChI is InChI=1S/C11H13ClO3S/c1-15-11-7-4-6-10(9-11)5-2-3-8-16(12,13)14/h2,4-7,9H,3,8H2,1H3/b5-2+. The Bertz CT molecular complexity index is 466. The molecule has 1 aromatic carbocycles. The first-order valence-corrected chi connectivity index (χ1v) is 7.22. The van der Waals surface area contributed by atoms with Crippen molar-refractivity contribution < 1.29 is 13.2 Å². The molecule has 0 aromatic heterocycles. The van der Waals surface area contributed by atoms with Gasteiger partial charge in [-0.1, -0.05) is 24.3 Å². The zero-order valence-electron chi connectivity index (χ0n) is 8.89. The Kier molecular flexibility index (Phi) is 4.83. The summed E-state index contributed by atoms with van der Waals surface area (Å²) in [5.74, 6) is 0.724. The molecule has 0 atom stereocenters. The molecule has 0 fully saturated rings. The Morgan fingerprint density at radius 3 is 2.81 bits per heavy atom. The van der Waals surface area contributed by atoms with Crippen LogP contribution in [0.1, 0.15) is 12.0 Å². The van der Waals surface area contributed by atoms with E-state index in [0.717, 1.165) is 11.3 Å². The lowest BCUT2D eigenvalue weighted by atomic mass is 10.2. The van der Waals surface area contributed by atoms with Gasteiger partial charge in [-0.15, -0.1) is 0 Å². The monoisotopic (exact) mass is 260 g/mol. The number of benzene rings is 1. The molecule has 88 valence electrons. The predicted molar refractivity (Wildman–Crippen MR) is 66.3 cm³/mol. The molecule has 0 N–H and O–H groups in total. The zero-order valence-corrected chi connectivity index (χ0v) is 10.5. The lowest BCUT2D eigenvalue weighted by Gasteiger charge is -1.99. The summed E-state index contributed by atoms with van der Waals surface area (Å²) in [6.45, 7) is 0. The summed E-state index contributed by atoms with van der Waals surface area (Å²) < 4.78 is 26.4. The summed E-state index contributed by atoms with van der Waals surface area (Å²) in [5, 5.41) is 0. The summed E-state index contributed by atoms with van der Waals surface area (Å²) in [6.07, 6.45) is 4.02. The van der Waals surface area contributed by atoms with Crippen molar-refractivity contribution in [2.75, 3.05) is 12.9 Å². The van der Waals surface area contributed by atoms with Crippen molar-refractivity contribution in [1.82, 2.24) is 0 Å². The van der Waals surface area contributed by atoms with E-state index in [1.807, 2.05) is 30.3 Å². The minimum Gasteiger partial charge on any atom is -0.497 e. The third kappa shape index (κ3) is 5.19. The Labute approximate surface area is 100 Å². The van der Waals surface area contributed by atoms with E-state index in [0.29, 0.717) is 6.42 Å². The molecule has 3 nitrogen and oxygen atoms in total. The van der Waals surface area contributed by atoms with Crippen LogP contribution in [0.2, 0.25) is 0 Å². The SMILES string of the molecule is COc1cccc(/C=C/CCS(=O)(=O)Cl)c1. The van der Waals surface area contributed by atoms with Gasteiger partial charge in [-0.2, -0.15) is 0 Å². The molecule has 0 aliphatic rings. The predicted octanol–water partition coefficient (Wildman–Crippen LogP) is 2.67. The van der Waals surface area contributed by atoms with E-state index in [1.165, 1.54) is 0 Å². The molecule has 0 saturated heterocycles. The second-order valence-corrected chi connectivity index (χ2v) is 6.11. The van der Waals surface area contributed by atoms with Crippen LogP contribution < -0.4 is 4.74 Å². The maximum Gasteiger partial charge on any atom is 0.232 e.